The number of amides is 2. The third-order valence-corrected chi connectivity index (χ3v) is 2.53. The predicted octanol–water partition coefficient (Wildman–Crippen LogP) is 2.03. The van der Waals surface area contributed by atoms with Gasteiger partial charge in [-0.25, -0.2) is 4.79 Å². The van der Waals surface area contributed by atoms with Crippen molar-refractivity contribution in [2.45, 2.75) is 20.8 Å². The van der Waals surface area contributed by atoms with Gasteiger partial charge in [0.25, 0.3) is 0 Å². The summed E-state index contributed by atoms with van der Waals surface area (Å²) in [5.41, 5.74) is 1.60. The zero-order chi connectivity index (χ0) is 14.6. The monoisotopic (exact) mass is 274 g/mol. The number of hydrogen-bond acceptors (Lipinski definition) is 4. The van der Waals surface area contributed by atoms with Crippen molar-refractivity contribution in [3.63, 3.8) is 0 Å². The zero-order valence-corrected chi connectivity index (χ0v) is 11.8. The number of hydrogen-bond donors (Lipinski definition) is 3. The number of tetrazole rings is 1. The molecule has 0 saturated carbocycles. The van der Waals surface area contributed by atoms with Gasteiger partial charge in [-0.1, -0.05) is 20.8 Å². The number of nitrogens with zero attached hydrogens (tertiary/aromatic N) is 3. The van der Waals surface area contributed by atoms with Crippen molar-refractivity contribution in [2.24, 2.45) is 5.41 Å². The van der Waals surface area contributed by atoms with Crippen LogP contribution in [-0.4, -0.2) is 33.2 Å². The van der Waals surface area contributed by atoms with Gasteiger partial charge < -0.3 is 10.6 Å². The summed E-state index contributed by atoms with van der Waals surface area (Å²) in [7, 11) is 0. The van der Waals surface area contributed by atoms with E-state index in [0.29, 0.717) is 18.1 Å². The van der Waals surface area contributed by atoms with Gasteiger partial charge in [-0.05, 0) is 34.9 Å². The Morgan fingerprint density at radius 2 is 1.95 bits per heavy atom. The number of nitrogens with one attached hydrogen (secondary N) is 3. The molecule has 0 fully saturated rings. The van der Waals surface area contributed by atoms with Gasteiger partial charge in [0.2, 0.25) is 5.82 Å². The molecular formula is C13H18N6O. The standard InChI is InChI=1S/C13H18N6O/c1-13(2,3)8-14-12(20)15-10-6-4-9(5-7-10)11-16-18-19-17-11/h4-7H,8H2,1-3H3,(H2,14,15,20)(H,16,17,18,19). The van der Waals surface area contributed by atoms with Gasteiger partial charge >= 0.3 is 6.03 Å². The van der Waals surface area contributed by atoms with Crippen LogP contribution in [0.1, 0.15) is 20.8 Å². The summed E-state index contributed by atoms with van der Waals surface area (Å²) in [6.07, 6.45) is 0. The van der Waals surface area contributed by atoms with E-state index in [2.05, 4.69) is 52.0 Å². The molecule has 2 aromatic rings. The number of carbonyl (C=O) groups is 1. The topological polar surface area (TPSA) is 95.6 Å². The highest BCUT2D eigenvalue weighted by Crippen LogP contribution is 2.16. The summed E-state index contributed by atoms with van der Waals surface area (Å²) in [4.78, 5) is 11.7. The fraction of sp³-hybridized carbons (Fsp3) is 0.385. The van der Waals surface area contributed by atoms with Gasteiger partial charge in [-0.3, -0.25) is 0 Å². The lowest BCUT2D eigenvalue weighted by molar-refractivity contribution is 0.247. The number of anilines is 1. The Labute approximate surface area is 117 Å². The summed E-state index contributed by atoms with van der Waals surface area (Å²) < 4.78 is 0. The van der Waals surface area contributed by atoms with E-state index < -0.39 is 0 Å². The lowest BCUT2D eigenvalue weighted by atomic mass is 9.97. The highest BCUT2D eigenvalue weighted by molar-refractivity contribution is 5.89. The molecular weight excluding hydrogens is 256 g/mol. The molecule has 106 valence electrons. The first-order chi connectivity index (χ1) is 9.44. The first-order valence-corrected chi connectivity index (χ1v) is 6.33. The van der Waals surface area contributed by atoms with E-state index in [1.54, 1.807) is 12.1 Å². The summed E-state index contributed by atoms with van der Waals surface area (Å²) in [6, 6.07) is 7.02. The van der Waals surface area contributed by atoms with E-state index in [9.17, 15) is 4.79 Å². The second kappa shape index (κ2) is 5.68. The highest BCUT2D eigenvalue weighted by Gasteiger charge is 2.11. The van der Waals surface area contributed by atoms with Crippen molar-refractivity contribution in [3.05, 3.63) is 24.3 Å². The molecule has 0 aliphatic heterocycles. The van der Waals surface area contributed by atoms with Crippen molar-refractivity contribution in [1.82, 2.24) is 25.9 Å². The highest BCUT2D eigenvalue weighted by atomic mass is 16.2. The van der Waals surface area contributed by atoms with Crippen LogP contribution in [0.15, 0.2) is 24.3 Å². The van der Waals surface area contributed by atoms with E-state index in [-0.39, 0.29) is 11.4 Å². The molecule has 1 aromatic heterocycles. The summed E-state index contributed by atoms with van der Waals surface area (Å²) in [6.45, 7) is 6.80. The van der Waals surface area contributed by atoms with Crippen molar-refractivity contribution >= 4 is 11.7 Å². The number of urea groups is 1. The number of H-pyrrole nitrogens is 1. The van der Waals surface area contributed by atoms with Gasteiger partial charge in [-0.2, -0.15) is 5.21 Å². The molecule has 0 unspecified atom stereocenters. The van der Waals surface area contributed by atoms with E-state index >= 15 is 0 Å². The molecule has 0 aliphatic rings. The Balaban J connectivity index is 1.92. The van der Waals surface area contributed by atoms with Crippen LogP contribution in [0.5, 0.6) is 0 Å². The summed E-state index contributed by atoms with van der Waals surface area (Å²) in [5, 5.41) is 19.3. The minimum Gasteiger partial charge on any atom is -0.337 e. The average molecular weight is 274 g/mol. The van der Waals surface area contributed by atoms with E-state index in [0.717, 1.165) is 5.56 Å². The quantitative estimate of drug-likeness (QED) is 0.798. The number of aromatic amines is 1. The fourth-order valence-electron chi connectivity index (χ4n) is 1.51. The van der Waals surface area contributed by atoms with Crippen LogP contribution in [0.2, 0.25) is 0 Å². The number of carbonyl (C=O) groups excluding carboxylic acids is 1. The Morgan fingerprint density at radius 3 is 2.50 bits per heavy atom. The molecule has 0 saturated heterocycles. The molecule has 7 heteroatoms. The fourth-order valence-corrected chi connectivity index (χ4v) is 1.51. The average Bonchev–Trinajstić information content (AvgIpc) is 2.90. The second-order valence-corrected chi connectivity index (χ2v) is 5.68. The smallest absolute Gasteiger partial charge is 0.319 e. The SMILES string of the molecule is CC(C)(C)CNC(=O)Nc1ccc(-c2nn[nH]n2)cc1. The Bertz CT molecular complexity index is 556. The molecule has 20 heavy (non-hydrogen) atoms. The Hall–Kier alpha value is -2.44. The normalized spacial score (nSPS) is 11.2. The maximum absolute atomic E-state index is 11.7. The maximum atomic E-state index is 11.7. The molecule has 7 nitrogen and oxygen atoms in total. The molecule has 3 N–H and O–H groups in total. The van der Waals surface area contributed by atoms with Crippen LogP contribution in [0.4, 0.5) is 10.5 Å². The molecule has 0 radical (unpaired) electrons. The molecule has 0 spiro atoms. The molecule has 1 aromatic carbocycles. The van der Waals surface area contributed by atoms with Crippen LogP contribution in [-0.2, 0) is 0 Å². The zero-order valence-electron chi connectivity index (χ0n) is 11.8. The molecule has 2 rings (SSSR count). The first-order valence-electron chi connectivity index (χ1n) is 6.33. The van der Waals surface area contributed by atoms with Gasteiger partial charge in [0.05, 0.1) is 0 Å². The van der Waals surface area contributed by atoms with Gasteiger partial charge in [0.1, 0.15) is 0 Å². The van der Waals surface area contributed by atoms with Gasteiger partial charge in [0, 0.05) is 17.8 Å². The van der Waals surface area contributed by atoms with E-state index in [1.807, 2.05) is 12.1 Å². The predicted molar refractivity (Wildman–Crippen MR) is 76.1 cm³/mol. The minimum absolute atomic E-state index is 0.0554. The molecule has 0 atom stereocenters. The molecule has 0 bridgehead atoms. The van der Waals surface area contributed by atoms with Gasteiger partial charge in [0.15, 0.2) is 0 Å². The Kier molecular flexibility index (Phi) is 3.97. The largest absolute Gasteiger partial charge is 0.337 e. The molecule has 2 amide bonds. The number of rotatable bonds is 3. The third-order valence-electron chi connectivity index (χ3n) is 2.53. The molecule has 0 aliphatic carbocycles. The number of benzene rings is 1. The van der Waals surface area contributed by atoms with Crippen LogP contribution >= 0.6 is 0 Å². The van der Waals surface area contributed by atoms with Crippen molar-refractivity contribution in [1.29, 1.82) is 0 Å². The van der Waals surface area contributed by atoms with Crippen LogP contribution in [0.3, 0.4) is 0 Å². The van der Waals surface area contributed by atoms with Crippen LogP contribution < -0.4 is 10.6 Å². The molecule has 1 heterocycles. The number of aromatic nitrogens is 4. The van der Waals surface area contributed by atoms with Crippen molar-refractivity contribution in [3.8, 4) is 11.4 Å². The van der Waals surface area contributed by atoms with Crippen molar-refractivity contribution < 1.29 is 4.79 Å². The van der Waals surface area contributed by atoms with Gasteiger partial charge in [-0.15, -0.1) is 10.2 Å². The van der Waals surface area contributed by atoms with Crippen molar-refractivity contribution in [2.75, 3.05) is 11.9 Å². The first kappa shape index (κ1) is 14.0. The lowest BCUT2D eigenvalue weighted by Crippen LogP contribution is -2.35. The summed E-state index contributed by atoms with van der Waals surface area (Å²) in [5.74, 6) is 0.522. The second-order valence-electron chi connectivity index (χ2n) is 5.68. The lowest BCUT2D eigenvalue weighted by Gasteiger charge is -2.18. The van der Waals surface area contributed by atoms with E-state index in [1.165, 1.54) is 0 Å². The van der Waals surface area contributed by atoms with Crippen LogP contribution in [0.25, 0.3) is 11.4 Å². The third kappa shape index (κ3) is 4.04. The summed E-state index contributed by atoms with van der Waals surface area (Å²) >= 11 is 0. The van der Waals surface area contributed by atoms with E-state index in [4.69, 9.17) is 0 Å². The minimum atomic E-state index is -0.216. The Morgan fingerprint density at radius 1 is 1.25 bits per heavy atom. The van der Waals surface area contributed by atoms with Crippen LogP contribution in [0, 0.1) is 5.41 Å². The maximum Gasteiger partial charge on any atom is 0.319 e.